The number of hydrogen-bond acceptors (Lipinski definition) is 5. The van der Waals surface area contributed by atoms with E-state index in [2.05, 4.69) is 5.32 Å². The third-order valence-electron chi connectivity index (χ3n) is 3.72. The molecule has 0 aliphatic carbocycles. The van der Waals surface area contributed by atoms with E-state index in [1.165, 1.54) is 14.2 Å². The van der Waals surface area contributed by atoms with Crippen LogP contribution in [0.25, 0.3) is 0 Å². The number of benzene rings is 1. The van der Waals surface area contributed by atoms with Gasteiger partial charge in [-0.1, -0.05) is 11.6 Å². The Bertz CT molecular complexity index is 849. The number of carbonyl (C=O) groups is 3. The molecule has 0 saturated carbocycles. The standard InChI is InChI=1S/C18H20ClN3O5/c1-21-8-4-5-14(21)18(25)27-11-17(24)22(2)10-16(23)20-13-9-12(19)6-7-15(13)26-3/h4-9H,10-11H2,1-3H3,(H,20,23). The van der Waals surface area contributed by atoms with Crippen molar-refractivity contribution in [1.82, 2.24) is 9.47 Å². The minimum Gasteiger partial charge on any atom is -0.495 e. The highest BCUT2D eigenvalue weighted by Gasteiger charge is 2.18. The van der Waals surface area contributed by atoms with Crippen LogP contribution >= 0.6 is 11.6 Å². The van der Waals surface area contributed by atoms with Crippen LogP contribution in [0.1, 0.15) is 10.5 Å². The summed E-state index contributed by atoms with van der Waals surface area (Å²) >= 11 is 5.92. The number of methoxy groups -OCH3 is 1. The van der Waals surface area contributed by atoms with E-state index in [1.54, 1.807) is 48.1 Å². The number of halogens is 1. The van der Waals surface area contributed by atoms with Crippen molar-refractivity contribution < 1.29 is 23.9 Å². The Hall–Kier alpha value is -3.00. The molecule has 8 nitrogen and oxygen atoms in total. The molecule has 0 aliphatic rings. The summed E-state index contributed by atoms with van der Waals surface area (Å²) in [5, 5.41) is 3.06. The molecule has 0 spiro atoms. The molecule has 0 saturated heterocycles. The van der Waals surface area contributed by atoms with Crippen molar-refractivity contribution >= 4 is 35.1 Å². The lowest BCUT2D eigenvalue weighted by Gasteiger charge is -2.17. The summed E-state index contributed by atoms with van der Waals surface area (Å²) in [6.45, 7) is -0.690. The monoisotopic (exact) mass is 393 g/mol. The van der Waals surface area contributed by atoms with Crippen molar-refractivity contribution in [3.8, 4) is 5.75 Å². The molecule has 0 atom stereocenters. The van der Waals surface area contributed by atoms with Crippen LogP contribution < -0.4 is 10.1 Å². The summed E-state index contributed by atoms with van der Waals surface area (Å²) < 4.78 is 11.7. The van der Waals surface area contributed by atoms with Crippen LogP contribution in [0.3, 0.4) is 0 Å². The van der Waals surface area contributed by atoms with E-state index >= 15 is 0 Å². The van der Waals surface area contributed by atoms with Crippen molar-refractivity contribution in [1.29, 1.82) is 0 Å². The number of rotatable bonds is 7. The van der Waals surface area contributed by atoms with E-state index in [1.807, 2.05) is 0 Å². The van der Waals surface area contributed by atoms with E-state index in [0.717, 1.165) is 4.90 Å². The van der Waals surface area contributed by atoms with Gasteiger partial charge in [0.05, 0.1) is 19.3 Å². The van der Waals surface area contributed by atoms with Crippen LogP contribution in [0.4, 0.5) is 5.69 Å². The number of ether oxygens (including phenoxy) is 2. The average molecular weight is 394 g/mol. The minimum atomic E-state index is -0.614. The molecule has 0 unspecified atom stereocenters. The van der Waals surface area contributed by atoms with Crippen LogP contribution in [0, 0.1) is 0 Å². The molecule has 1 heterocycles. The van der Waals surface area contributed by atoms with Crippen LogP contribution in [-0.4, -0.2) is 54.6 Å². The fraction of sp³-hybridized carbons (Fsp3) is 0.278. The summed E-state index contributed by atoms with van der Waals surface area (Å²) in [5.41, 5.74) is 0.724. The lowest BCUT2D eigenvalue weighted by Crippen LogP contribution is -2.37. The molecule has 2 aromatic rings. The second-order valence-electron chi connectivity index (χ2n) is 5.72. The lowest BCUT2D eigenvalue weighted by atomic mass is 10.3. The van der Waals surface area contributed by atoms with Crippen molar-refractivity contribution in [3.63, 3.8) is 0 Å². The third-order valence-corrected chi connectivity index (χ3v) is 3.96. The summed E-state index contributed by atoms with van der Waals surface area (Å²) in [6, 6.07) is 8.08. The molecule has 27 heavy (non-hydrogen) atoms. The second kappa shape index (κ2) is 9.09. The van der Waals surface area contributed by atoms with Gasteiger partial charge in [0.2, 0.25) is 5.91 Å². The molecule has 9 heteroatoms. The highest BCUT2D eigenvalue weighted by Crippen LogP contribution is 2.27. The quantitative estimate of drug-likeness (QED) is 0.726. The smallest absolute Gasteiger partial charge is 0.355 e. The topological polar surface area (TPSA) is 89.9 Å². The molecule has 0 bridgehead atoms. The van der Waals surface area contributed by atoms with Crippen molar-refractivity contribution in [2.75, 3.05) is 32.6 Å². The summed E-state index contributed by atoms with van der Waals surface area (Å²) in [5.74, 6) is -1.12. The number of carbonyl (C=O) groups excluding carboxylic acids is 3. The Morgan fingerprint density at radius 1 is 1.26 bits per heavy atom. The first-order valence-electron chi connectivity index (χ1n) is 7.97. The number of amides is 2. The van der Waals surface area contributed by atoms with Gasteiger partial charge in [0.15, 0.2) is 6.61 Å². The molecular formula is C18H20ClN3O5. The third kappa shape index (κ3) is 5.49. The van der Waals surface area contributed by atoms with Gasteiger partial charge >= 0.3 is 5.97 Å². The number of esters is 1. The van der Waals surface area contributed by atoms with Crippen LogP contribution in [0.15, 0.2) is 36.5 Å². The molecule has 0 radical (unpaired) electrons. The number of hydrogen-bond donors (Lipinski definition) is 1. The molecule has 1 N–H and O–H groups in total. The lowest BCUT2D eigenvalue weighted by molar-refractivity contribution is -0.136. The van der Waals surface area contributed by atoms with E-state index in [4.69, 9.17) is 21.1 Å². The normalized spacial score (nSPS) is 10.2. The van der Waals surface area contributed by atoms with Crippen LogP contribution in [0.2, 0.25) is 5.02 Å². The number of nitrogens with zero attached hydrogens (tertiary/aromatic N) is 2. The van der Waals surface area contributed by atoms with Gasteiger partial charge < -0.3 is 24.3 Å². The van der Waals surface area contributed by atoms with E-state index in [0.29, 0.717) is 22.2 Å². The zero-order valence-corrected chi connectivity index (χ0v) is 15.9. The summed E-state index contributed by atoms with van der Waals surface area (Å²) in [7, 11) is 4.60. The van der Waals surface area contributed by atoms with Gasteiger partial charge in [-0.15, -0.1) is 0 Å². The number of likely N-dealkylation sites (N-methyl/N-ethyl adjacent to an activating group) is 1. The fourth-order valence-electron chi connectivity index (χ4n) is 2.26. The first-order chi connectivity index (χ1) is 12.8. The van der Waals surface area contributed by atoms with Crippen LogP contribution in [0.5, 0.6) is 5.75 Å². The van der Waals surface area contributed by atoms with Crippen molar-refractivity contribution in [2.24, 2.45) is 7.05 Å². The Balaban J connectivity index is 1.87. The van der Waals surface area contributed by atoms with Gasteiger partial charge in [-0.25, -0.2) is 4.79 Å². The van der Waals surface area contributed by atoms with Crippen molar-refractivity contribution in [3.05, 3.63) is 47.2 Å². The molecule has 1 aromatic carbocycles. The number of aromatic nitrogens is 1. The van der Waals surface area contributed by atoms with Gasteiger partial charge in [-0.3, -0.25) is 9.59 Å². The van der Waals surface area contributed by atoms with Gasteiger partial charge in [0.25, 0.3) is 5.91 Å². The largest absolute Gasteiger partial charge is 0.495 e. The molecule has 144 valence electrons. The zero-order valence-electron chi connectivity index (χ0n) is 15.2. The van der Waals surface area contributed by atoms with Gasteiger partial charge in [-0.05, 0) is 30.3 Å². The maximum Gasteiger partial charge on any atom is 0.355 e. The SMILES string of the molecule is COc1ccc(Cl)cc1NC(=O)CN(C)C(=O)COC(=O)c1cccn1C. The molecule has 0 fully saturated rings. The minimum absolute atomic E-state index is 0.226. The van der Waals surface area contributed by atoms with Crippen LogP contribution in [-0.2, 0) is 21.4 Å². The molecule has 1 aromatic heterocycles. The second-order valence-corrected chi connectivity index (χ2v) is 6.16. The maximum atomic E-state index is 12.2. The van der Waals surface area contributed by atoms with Crippen molar-refractivity contribution in [2.45, 2.75) is 0 Å². The molecule has 2 amide bonds. The Labute approximate surface area is 161 Å². The fourth-order valence-corrected chi connectivity index (χ4v) is 2.43. The maximum absolute atomic E-state index is 12.2. The Kier molecular flexibility index (Phi) is 6.84. The number of aryl methyl sites for hydroxylation is 1. The highest BCUT2D eigenvalue weighted by molar-refractivity contribution is 6.31. The van der Waals surface area contributed by atoms with Gasteiger partial charge in [0.1, 0.15) is 11.4 Å². The average Bonchev–Trinajstić information content (AvgIpc) is 3.05. The predicted octanol–water partition coefficient (Wildman–Crippen LogP) is 1.94. The molecule has 0 aliphatic heterocycles. The van der Waals surface area contributed by atoms with Gasteiger partial charge in [-0.2, -0.15) is 0 Å². The molecular weight excluding hydrogens is 374 g/mol. The first-order valence-corrected chi connectivity index (χ1v) is 8.35. The van der Waals surface area contributed by atoms with Gasteiger partial charge in [0, 0.05) is 25.3 Å². The predicted molar refractivity (Wildman–Crippen MR) is 100.0 cm³/mol. The van der Waals surface area contributed by atoms with E-state index in [-0.39, 0.29) is 6.54 Å². The zero-order chi connectivity index (χ0) is 20.0. The molecule has 2 rings (SSSR count). The van der Waals surface area contributed by atoms with E-state index < -0.39 is 24.4 Å². The highest BCUT2D eigenvalue weighted by atomic mass is 35.5. The van der Waals surface area contributed by atoms with E-state index in [9.17, 15) is 14.4 Å². The summed E-state index contributed by atoms with van der Waals surface area (Å²) in [6.07, 6.45) is 1.69. The number of nitrogens with one attached hydrogen (secondary N) is 1. The first kappa shape index (κ1) is 20.3. The Morgan fingerprint density at radius 3 is 2.63 bits per heavy atom. The number of anilines is 1. The summed E-state index contributed by atoms with van der Waals surface area (Å²) in [4.78, 5) is 37.3. The Morgan fingerprint density at radius 2 is 2.00 bits per heavy atom.